The van der Waals surface area contributed by atoms with Gasteiger partial charge < -0.3 is 24.4 Å². The molecule has 1 aliphatic rings. The topological polar surface area (TPSA) is 145 Å². The van der Waals surface area contributed by atoms with Gasteiger partial charge in [-0.1, -0.05) is 23.5 Å². The molecule has 4 aromatic rings. The second-order valence-electron chi connectivity index (χ2n) is 10.4. The van der Waals surface area contributed by atoms with E-state index in [1.807, 2.05) is 0 Å². The van der Waals surface area contributed by atoms with Crippen molar-refractivity contribution in [3.63, 3.8) is 0 Å². The van der Waals surface area contributed by atoms with Crippen LogP contribution in [0.5, 0.6) is 11.5 Å². The van der Waals surface area contributed by atoms with Crippen LogP contribution in [0.2, 0.25) is 0 Å². The van der Waals surface area contributed by atoms with E-state index in [1.165, 1.54) is 30.1 Å². The van der Waals surface area contributed by atoms with Gasteiger partial charge in [0, 0.05) is 33.3 Å². The second kappa shape index (κ2) is 14.2. The molecular weight excluding hydrogens is 710 g/mol. The number of hydrogen-bond acceptors (Lipinski definition) is 11. The van der Waals surface area contributed by atoms with Crippen molar-refractivity contribution < 1.29 is 53.8 Å². The molecule has 1 atom stereocenters. The minimum atomic E-state index is -5.00. The van der Waals surface area contributed by atoms with Crippen molar-refractivity contribution in [2.24, 2.45) is 0 Å². The van der Waals surface area contributed by atoms with Gasteiger partial charge in [0.25, 0.3) is 5.56 Å². The number of rotatable bonds is 11. The fourth-order valence-electron chi connectivity index (χ4n) is 4.84. The summed E-state index contributed by atoms with van der Waals surface area (Å²) in [6.45, 7) is -0.290. The number of anilines is 1. The van der Waals surface area contributed by atoms with E-state index < -0.39 is 56.7 Å². The van der Waals surface area contributed by atoms with Crippen molar-refractivity contribution in [3.8, 4) is 11.5 Å². The van der Waals surface area contributed by atoms with E-state index in [-0.39, 0.29) is 44.8 Å². The molecule has 0 radical (unpaired) electrons. The van der Waals surface area contributed by atoms with Crippen molar-refractivity contribution in [3.05, 3.63) is 70.6 Å². The van der Waals surface area contributed by atoms with Gasteiger partial charge >= 0.3 is 12.7 Å². The molecule has 0 aliphatic carbocycles. The molecular formula is C28H26F6N6O7S2. The number of alkyl halides is 6. The van der Waals surface area contributed by atoms with E-state index in [9.17, 15) is 44.3 Å². The van der Waals surface area contributed by atoms with Crippen LogP contribution in [0.3, 0.4) is 0 Å². The van der Waals surface area contributed by atoms with Crippen LogP contribution in [0.15, 0.2) is 64.4 Å². The molecule has 2 aromatic heterocycles. The maximum atomic E-state index is 13.8. The van der Waals surface area contributed by atoms with Gasteiger partial charge in [0.15, 0.2) is 10.6 Å². The van der Waals surface area contributed by atoms with E-state index in [4.69, 9.17) is 4.74 Å². The standard InChI is InChI=1S/C28H26F6N6O7S2/c1-45-13-12-39-25(42)23-22(15-36-39)48-26(37-23)38-10-11-40(49(43,44)20-8-6-19(7-9-20)47-28(32,33)34)21(16-38)24(41)35-14-17-2-4-18(5-3-17)46-27(29,30)31/h2-9,15,21H,10-14,16H2,1H3,(H,35,41)/t21-/m1/s1. The molecule has 0 spiro atoms. The molecule has 5 rings (SSSR count). The summed E-state index contributed by atoms with van der Waals surface area (Å²) >= 11 is 1.10. The van der Waals surface area contributed by atoms with Crippen LogP contribution >= 0.6 is 11.3 Å². The number of carbonyl (C=O) groups is 1. The van der Waals surface area contributed by atoms with E-state index in [0.717, 1.165) is 52.0 Å². The van der Waals surface area contributed by atoms with Gasteiger partial charge in [-0.05, 0) is 42.0 Å². The quantitative estimate of drug-likeness (QED) is 0.227. The minimum absolute atomic E-state index is 0.0179. The third-order valence-electron chi connectivity index (χ3n) is 7.09. The van der Waals surface area contributed by atoms with Crippen LogP contribution in [0.4, 0.5) is 31.5 Å². The molecule has 1 N–H and O–H groups in total. The number of nitrogens with one attached hydrogen (secondary N) is 1. The number of piperazine rings is 1. The molecule has 49 heavy (non-hydrogen) atoms. The summed E-state index contributed by atoms with van der Waals surface area (Å²) in [7, 11) is -3.01. The molecule has 1 saturated heterocycles. The smallest absolute Gasteiger partial charge is 0.406 e. The molecule has 0 saturated carbocycles. The Morgan fingerprint density at radius 3 is 2.18 bits per heavy atom. The van der Waals surface area contributed by atoms with Gasteiger partial charge in [-0.15, -0.1) is 26.3 Å². The monoisotopic (exact) mass is 736 g/mol. The van der Waals surface area contributed by atoms with E-state index in [0.29, 0.717) is 15.4 Å². The van der Waals surface area contributed by atoms with E-state index >= 15 is 0 Å². The predicted molar refractivity (Wildman–Crippen MR) is 162 cm³/mol. The normalized spacial score (nSPS) is 16.1. The van der Waals surface area contributed by atoms with Crippen molar-refractivity contribution in [1.82, 2.24) is 24.4 Å². The first-order valence-electron chi connectivity index (χ1n) is 14.1. The van der Waals surface area contributed by atoms with E-state index in [1.54, 1.807) is 4.90 Å². The Balaban J connectivity index is 1.40. The molecule has 21 heteroatoms. The number of methoxy groups -OCH3 is 1. The van der Waals surface area contributed by atoms with Gasteiger partial charge in [0.05, 0.1) is 28.9 Å². The highest BCUT2D eigenvalue weighted by Crippen LogP contribution is 2.31. The highest BCUT2D eigenvalue weighted by atomic mass is 32.2. The number of nitrogens with zero attached hydrogens (tertiary/aromatic N) is 5. The first-order valence-corrected chi connectivity index (χ1v) is 16.4. The number of amides is 1. The third kappa shape index (κ3) is 8.77. The first kappa shape index (κ1) is 35.8. The number of hydrogen-bond donors (Lipinski definition) is 1. The Labute approximate surface area is 277 Å². The highest BCUT2D eigenvalue weighted by Gasteiger charge is 2.41. The fourth-order valence-corrected chi connectivity index (χ4v) is 7.36. The lowest BCUT2D eigenvalue weighted by molar-refractivity contribution is -0.275. The molecule has 2 aromatic carbocycles. The largest absolute Gasteiger partial charge is 0.573 e. The Morgan fingerprint density at radius 2 is 1.59 bits per heavy atom. The molecule has 1 fully saturated rings. The number of aromatic nitrogens is 3. The molecule has 264 valence electrons. The predicted octanol–water partition coefficient (Wildman–Crippen LogP) is 3.49. The number of ether oxygens (including phenoxy) is 3. The summed E-state index contributed by atoms with van der Waals surface area (Å²) in [5.74, 6) is -1.92. The van der Waals surface area contributed by atoms with Gasteiger partial charge in [-0.3, -0.25) is 9.59 Å². The second-order valence-corrected chi connectivity index (χ2v) is 13.3. The number of benzene rings is 2. The Morgan fingerprint density at radius 1 is 0.980 bits per heavy atom. The molecule has 13 nitrogen and oxygen atoms in total. The zero-order valence-corrected chi connectivity index (χ0v) is 26.8. The number of halogens is 6. The van der Waals surface area contributed by atoms with Crippen LogP contribution in [-0.4, -0.2) is 85.5 Å². The van der Waals surface area contributed by atoms with E-state index in [2.05, 4.69) is 24.9 Å². The summed E-state index contributed by atoms with van der Waals surface area (Å²) in [5, 5.41) is 7.01. The lowest BCUT2D eigenvalue weighted by Crippen LogP contribution is -2.60. The maximum absolute atomic E-state index is 13.8. The lowest BCUT2D eigenvalue weighted by atomic mass is 10.1. The Kier molecular flexibility index (Phi) is 10.4. The minimum Gasteiger partial charge on any atom is -0.406 e. The molecule has 0 bridgehead atoms. The lowest BCUT2D eigenvalue weighted by Gasteiger charge is -2.39. The van der Waals surface area contributed by atoms with Crippen LogP contribution in [-0.2, 0) is 32.6 Å². The molecule has 0 unspecified atom stereocenters. The van der Waals surface area contributed by atoms with Crippen LogP contribution in [0.1, 0.15) is 5.56 Å². The molecule has 1 amide bonds. The Hall–Kier alpha value is -4.47. The zero-order valence-electron chi connectivity index (χ0n) is 25.2. The average Bonchev–Trinajstić information content (AvgIpc) is 3.48. The van der Waals surface area contributed by atoms with Gasteiger partial charge in [0.2, 0.25) is 15.9 Å². The van der Waals surface area contributed by atoms with Gasteiger partial charge in [-0.2, -0.15) is 9.40 Å². The van der Waals surface area contributed by atoms with Crippen LogP contribution < -0.4 is 25.2 Å². The number of fused-ring (bicyclic) bond motifs is 1. The molecule has 3 heterocycles. The number of sulfonamides is 1. The summed E-state index contributed by atoms with van der Waals surface area (Å²) in [4.78, 5) is 32.2. The maximum Gasteiger partial charge on any atom is 0.573 e. The number of thiazole rings is 1. The molecule has 1 aliphatic heterocycles. The summed E-state index contributed by atoms with van der Waals surface area (Å²) in [6.07, 6.45) is -8.45. The SMILES string of the molecule is COCCn1ncc2sc(N3CCN(S(=O)(=O)c4ccc(OC(F)(F)F)cc4)[C@@H](C(=O)NCc4ccc(OC(F)(F)F)cc4)C3)nc2c1=O. The van der Waals surface area contributed by atoms with Crippen LogP contribution in [0.25, 0.3) is 10.2 Å². The Bertz CT molecular complexity index is 1950. The van der Waals surface area contributed by atoms with Gasteiger partial charge in [-0.25, -0.2) is 18.1 Å². The van der Waals surface area contributed by atoms with Crippen molar-refractivity contribution in [2.45, 2.75) is 36.8 Å². The highest BCUT2D eigenvalue weighted by molar-refractivity contribution is 7.89. The van der Waals surface area contributed by atoms with Crippen molar-refractivity contribution in [2.75, 3.05) is 38.3 Å². The summed E-state index contributed by atoms with van der Waals surface area (Å²) < 4.78 is 118. The summed E-state index contributed by atoms with van der Waals surface area (Å²) in [5.41, 5.74) is 0.00653. The zero-order chi connectivity index (χ0) is 35.6. The number of carbonyl (C=O) groups excluding carboxylic acids is 1. The third-order valence-corrected chi connectivity index (χ3v) is 10.1. The van der Waals surface area contributed by atoms with Crippen LogP contribution in [0, 0.1) is 0 Å². The first-order chi connectivity index (χ1) is 23.0. The van der Waals surface area contributed by atoms with Crippen molar-refractivity contribution >= 4 is 42.6 Å². The average molecular weight is 737 g/mol. The fraction of sp³-hybridized carbons (Fsp3) is 0.357. The van der Waals surface area contributed by atoms with Gasteiger partial charge in [0.1, 0.15) is 17.5 Å². The van der Waals surface area contributed by atoms with Crippen molar-refractivity contribution in [1.29, 1.82) is 0 Å². The summed E-state index contributed by atoms with van der Waals surface area (Å²) in [6, 6.07) is 6.72.